The highest BCUT2D eigenvalue weighted by Gasteiger charge is 2.34. The van der Waals surface area contributed by atoms with Crippen LogP contribution in [0.15, 0.2) is 54.6 Å². The molecule has 0 aliphatic carbocycles. The number of hydrogen-bond donors (Lipinski definition) is 0. The zero-order chi connectivity index (χ0) is 25.2. The third-order valence-electron chi connectivity index (χ3n) is 6.84. The van der Waals surface area contributed by atoms with Crippen molar-refractivity contribution in [3.63, 3.8) is 0 Å². The minimum atomic E-state index is -0.309. The minimum Gasteiger partial charge on any atom is -0.493 e. The molecule has 2 heterocycles. The maximum Gasteiger partial charge on any atom is 0.254 e. The fraction of sp³-hybridized carbons (Fsp3) is 0.345. The second-order valence-electron chi connectivity index (χ2n) is 9.27. The Kier molecular flexibility index (Phi) is 6.63. The molecule has 0 unspecified atom stereocenters. The van der Waals surface area contributed by atoms with Crippen LogP contribution in [0.3, 0.4) is 0 Å². The average Bonchev–Trinajstić information content (AvgIpc) is 3.38. The van der Waals surface area contributed by atoms with Crippen LogP contribution in [0.4, 0.5) is 0 Å². The molecule has 36 heavy (non-hydrogen) atoms. The first-order valence-electron chi connectivity index (χ1n) is 12.2. The van der Waals surface area contributed by atoms with E-state index in [1.54, 1.807) is 32.4 Å². The molecule has 3 aromatic carbocycles. The van der Waals surface area contributed by atoms with Gasteiger partial charge in [-0.15, -0.1) is 0 Å². The molecule has 3 aromatic rings. The zero-order valence-corrected chi connectivity index (χ0v) is 21.1. The summed E-state index contributed by atoms with van der Waals surface area (Å²) in [5.41, 5.74) is 3.91. The molecule has 2 aliphatic rings. The Balaban J connectivity index is 1.47. The van der Waals surface area contributed by atoms with Gasteiger partial charge in [0.05, 0.1) is 20.3 Å². The van der Waals surface area contributed by atoms with Crippen molar-refractivity contribution >= 4 is 5.91 Å². The van der Waals surface area contributed by atoms with Gasteiger partial charge in [-0.25, -0.2) is 0 Å². The molecule has 0 aromatic heterocycles. The van der Waals surface area contributed by atoms with Crippen LogP contribution < -0.4 is 23.7 Å². The Hall–Kier alpha value is -3.87. The van der Waals surface area contributed by atoms with E-state index in [4.69, 9.17) is 23.7 Å². The zero-order valence-electron chi connectivity index (χ0n) is 21.1. The molecule has 0 saturated carbocycles. The van der Waals surface area contributed by atoms with Gasteiger partial charge in [0.1, 0.15) is 12.4 Å². The Labute approximate surface area is 211 Å². The number of nitrogens with zero attached hydrogens (tertiary/aromatic N) is 1. The fourth-order valence-corrected chi connectivity index (χ4v) is 4.77. The topological polar surface area (TPSA) is 66.5 Å². The van der Waals surface area contributed by atoms with E-state index < -0.39 is 0 Å². The highest BCUT2D eigenvalue weighted by molar-refractivity contribution is 5.95. The largest absolute Gasteiger partial charge is 0.493 e. The summed E-state index contributed by atoms with van der Waals surface area (Å²) >= 11 is 0. The fourth-order valence-electron chi connectivity index (χ4n) is 4.77. The number of ether oxygens (including phenoxy) is 5. The summed E-state index contributed by atoms with van der Waals surface area (Å²) in [5.74, 6) is 3.66. The molecule has 0 bridgehead atoms. The van der Waals surface area contributed by atoms with Crippen molar-refractivity contribution in [2.75, 3.05) is 34.2 Å². The standard InChI is InChI=1S/C29H31NO6/c1-18(2)19-5-8-22(9-6-19)34-16-24-23-15-27(33-4)26(32-3)13-20(23)11-12-30(24)29(31)21-7-10-25-28(14-21)36-17-35-25/h5-10,13-15,18,24H,11-12,16-17H2,1-4H3/t24-/m0/s1. The lowest BCUT2D eigenvalue weighted by Gasteiger charge is -2.37. The van der Waals surface area contributed by atoms with Crippen LogP contribution in [0.2, 0.25) is 0 Å². The lowest BCUT2D eigenvalue weighted by molar-refractivity contribution is 0.0589. The van der Waals surface area contributed by atoms with Crippen LogP contribution in [0.5, 0.6) is 28.7 Å². The number of methoxy groups -OCH3 is 2. The van der Waals surface area contributed by atoms with Gasteiger partial charge in [-0.1, -0.05) is 26.0 Å². The third kappa shape index (κ3) is 4.53. The van der Waals surface area contributed by atoms with Gasteiger partial charge in [-0.3, -0.25) is 4.79 Å². The van der Waals surface area contributed by atoms with E-state index in [9.17, 15) is 4.79 Å². The number of carbonyl (C=O) groups excluding carboxylic acids is 1. The molecule has 1 amide bonds. The average molecular weight is 490 g/mol. The smallest absolute Gasteiger partial charge is 0.254 e. The molecular formula is C29H31NO6. The van der Waals surface area contributed by atoms with Crippen molar-refractivity contribution < 1.29 is 28.5 Å². The van der Waals surface area contributed by atoms with Crippen molar-refractivity contribution in [2.45, 2.75) is 32.2 Å². The molecule has 7 heteroatoms. The van der Waals surface area contributed by atoms with Gasteiger partial charge in [0.15, 0.2) is 23.0 Å². The first-order valence-corrected chi connectivity index (χ1v) is 12.2. The first-order chi connectivity index (χ1) is 17.5. The van der Waals surface area contributed by atoms with E-state index in [1.807, 2.05) is 29.2 Å². The second kappa shape index (κ2) is 10.0. The highest BCUT2D eigenvalue weighted by atomic mass is 16.7. The van der Waals surface area contributed by atoms with Crippen LogP contribution in [0.25, 0.3) is 0 Å². The maximum absolute atomic E-state index is 13.7. The first kappa shape index (κ1) is 23.9. The molecule has 0 spiro atoms. The summed E-state index contributed by atoms with van der Waals surface area (Å²) in [4.78, 5) is 15.6. The summed E-state index contributed by atoms with van der Waals surface area (Å²) in [6.45, 7) is 5.35. The molecular weight excluding hydrogens is 458 g/mol. The third-order valence-corrected chi connectivity index (χ3v) is 6.84. The number of rotatable bonds is 7. The van der Waals surface area contributed by atoms with Crippen molar-refractivity contribution in [1.82, 2.24) is 4.90 Å². The monoisotopic (exact) mass is 489 g/mol. The van der Waals surface area contributed by atoms with Crippen LogP contribution >= 0.6 is 0 Å². The summed E-state index contributed by atoms with van der Waals surface area (Å²) in [6.07, 6.45) is 0.700. The Morgan fingerprint density at radius 1 is 0.972 bits per heavy atom. The van der Waals surface area contributed by atoms with E-state index >= 15 is 0 Å². The Morgan fingerprint density at radius 3 is 2.42 bits per heavy atom. The normalized spacial score (nSPS) is 16.0. The molecule has 1 atom stereocenters. The number of fused-ring (bicyclic) bond motifs is 2. The van der Waals surface area contributed by atoms with Crippen LogP contribution in [-0.2, 0) is 6.42 Å². The molecule has 0 radical (unpaired) electrons. The molecule has 0 fully saturated rings. The van der Waals surface area contributed by atoms with Crippen molar-refractivity contribution in [1.29, 1.82) is 0 Å². The maximum atomic E-state index is 13.7. The summed E-state index contributed by atoms with van der Waals surface area (Å²) in [5, 5.41) is 0. The number of benzene rings is 3. The molecule has 7 nitrogen and oxygen atoms in total. The molecule has 2 aliphatic heterocycles. The van der Waals surface area contributed by atoms with Gasteiger partial charge in [0, 0.05) is 12.1 Å². The number of amides is 1. The van der Waals surface area contributed by atoms with E-state index in [-0.39, 0.29) is 18.7 Å². The summed E-state index contributed by atoms with van der Waals surface area (Å²) in [6, 6.07) is 17.1. The Morgan fingerprint density at radius 2 is 1.69 bits per heavy atom. The van der Waals surface area contributed by atoms with Gasteiger partial charge in [0.2, 0.25) is 6.79 Å². The minimum absolute atomic E-state index is 0.0857. The Bertz CT molecular complexity index is 1250. The van der Waals surface area contributed by atoms with Gasteiger partial charge >= 0.3 is 0 Å². The predicted molar refractivity (Wildman–Crippen MR) is 136 cm³/mol. The second-order valence-corrected chi connectivity index (χ2v) is 9.27. The SMILES string of the molecule is COc1cc2c(cc1OC)[C@H](COc1ccc(C(C)C)cc1)N(C(=O)c1ccc3c(c1)OCO3)CC2. The molecule has 0 saturated heterocycles. The molecule has 5 rings (SSSR count). The van der Waals surface area contributed by atoms with Gasteiger partial charge in [0.25, 0.3) is 5.91 Å². The molecule has 0 N–H and O–H groups in total. The predicted octanol–water partition coefficient (Wildman–Crippen LogP) is 5.37. The number of carbonyl (C=O) groups is 1. The highest BCUT2D eigenvalue weighted by Crippen LogP contribution is 2.40. The molecule has 188 valence electrons. The van der Waals surface area contributed by atoms with E-state index in [2.05, 4.69) is 26.0 Å². The van der Waals surface area contributed by atoms with Gasteiger partial charge < -0.3 is 28.6 Å². The van der Waals surface area contributed by atoms with Crippen LogP contribution in [0, 0.1) is 0 Å². The summed E-state index contributed by atoms with van der Waals surface area (Å²) in [7, 11) is 3.24. The lowest BCUT2D eigenvalue weighted by Crippen LogP contribution is -2.42. The van der Waals surface area contributed by atoms with Gasteiger partial charge in [-0.2, -0.15) is 0 Å². The van der Waals surface area contributed by atoms with Crippen molar-refractivity contribution in [3.8, 4) is 28.7 Å². The number of hydrogen-bond acceptors (Lipinski definition) is 6. The quantitative estimate of drug-likeness (QED) is 0.444. The van der Waals surface area contributed by atoms with E-state index in [0.717, 1.165) is 16.9 Å². The van der Waals surface area contributed by atoms with Crippen molar-refractivity contribution in [3.05, 3.63) is 76.9 Å². The lowest BCUT2D eigenvalue weighted by atomic mass is 9.91. The van der Waals surface area contributed by atoms with Gasteiger partial charge in [-0.05, 0) is 71.5 Å². The van der Waals surface area contributed by atoms with Crippen molar-refractivity contribution in [2.24, 2.45) is 0 Å². The van der Waals surface area contributed by atoms with Crippen LogP contribution in [-0.4, -0.2) is 45.0 Å². The van der Waals surface area contributed by atoms with Crippen LogP contribution in [0.1, 0.15) is 52.9 Å². The van der Waals surface area contributed by atoms with E-state index in [0.29, 0.717) is 54.1 Å². The van der Waals surface area contributed by atoms with E-state index in [1.165, 1.54) is 5.56 Å². The summed E-state index contributed by atoms with van der Waals surface area (Å²) < 4.78 is 28.3.